The lowest BCUT2D eigenvalue weighted by Crippen LogP contribution is -2.40. The monoisotopic (exact) mass is 490 g/mol. The predicted molar refractivity (Wildman–Crippen MR) is 139 cm³/mol. The summed E-state index contributed by atoms with van der Waals surface area (Å²) in [6, 6.07) is 4.21. The van der Waals surface area contributed by atoms with Gasteiger partial charge in [0.1, 0.15) is 5.60 Å². The molecule has 0 saturated carbocycles. The number of nitrogens with one attached hydrogen (secondary N) is 1. The van der Waals surface area contributed by atoms with Gasteiger partial charge in [0.15, 0.2) is 17.0 Å². The summed E-state index contributed by atoms with van der Waals surface area (Å²) in [5.74, 6) is 1.38. The van der Waals surface area contributed by atoms with Crippen molar-refractivity contribution >= 4 is 22.9 Å². The molecule has 4 aromatic heterocycles. The first-order valence-corrected chi connectivity index (χ1v) is 12.4. The predicted octanol–water partition coefficient (Wildman–Crippen LogP) is 2.75. The Labute approximate surface area is 210 Å². The lowest BCUT2D eigenvalue weighted by Gasteiger charge is -2.30. The van der Waals surface area contributed by atoms with Crippen molar-refractivity contribution in [2.24, 2.45) is 5.73 Å². The number of piperidine rings is 1. The zero-order valence-corrected chi connectivity index (χ0v) is 21.3. The molecule has 1 saturated heterocycles. The van der Waals surface area contributed by atoms with Crippen LogP contribution in [0.5, 0.6) is 0 Å². The number of aromatic nitrogens is 7. The van der Waals surface area contributed by atoms with Crippen molar-refractivity contribution < 1.29 is 5.11 Å². The van der Waals surface area contributed by atoms with Crippen molar-refractivity contribution in [1.82, 2.24) is 34.3 Å². The third-order valence-corrected chi connectivity index (χ3v) is 6.59. The Morgan fingerprint density at radius 1 is 1.19 bits per heavy atom. The van der Waals surface area contributed by atoms with E-state index in [0.717, 1.165) is 48.3 Å². The van der Waals surface area contributed by atoms with E-state index < -0.39 is 5.60 Å². The first-order chi connectivity index (χ1) is 17.2. The highest BCUT2D eigenvalue weighted by atomic mass is 16.3. The maximum atomic E-state index is 10.3. The molecule has 11 nitrogen and oxygen atoms in total. The molecule has 0 aromatic carbocycles. The molecule has 1 aliphatic rings. The Balaban J connectivity index is 1.47. The van der Waals surface area contributed by atoms with E-state index in [9.17, 15) is 5.11 Å². The zero-order valence-electron chi connectivity index (χ0n) is 21.3. The molecule has 190 valence electrons. The topological polar surface area (TPSA) is 136 Å². The van der Waals surface area contributed by atoms with Gasteiger partial charge in [0.05, 0.1) is 23.9 Å². The first-order valence-electron chi connectivity index (χ1n) is 12.4. The highest BCUT2D eigenvalue weighted by molar-refractivity contribution is 5.84. The van der Waals surface area contributed by atoms with Crippen LogP contribution in [0.1, 0.15) is 57.8 Å². The average molecular weight is 491 g/mol. The van der Waals surface area contributed by atoms with Gasteiger partial charge in [-0.15, -0.1) is 0 Å². The summed E-state index contributed by atoms with van der Waals surface area (Å²) in [6.07, 6.45) is 9.02. The van der Waals surface area contributed by atoms with Crippen LogP contribution in [0.15, 0.2) is 37.1 Å². The minimum Gasteiger partial charge on any atom is -0.384 e. The van der Waals surface area contributed by atoms with E-state index in [1.807, 2.05) is 24.7 Å². The largest absolute Gasteiger partial charge is 0.384 e. The summed E-state index contributed by atoms with van der Waals surface area (Å²) in [5, 5.41) is 18.4. The van der Waals surface area contributed by atoms with Gasteiger partial charge in [-0.2, -0.15) is 15.1 Å². The second-order valence-corrected chi connectivity index (χ2v) is 10.2. The van der Waals surface area contributed by atoms with E-state index in [1.54, 1.807) is 30.9 Å². The smallest absolute Gasteiger partial charge is 0.229 e. The SMILES string of the molecule is CC(C)n1cnc2c(NCc3ccncc3-n3ccc(C(C)(C)O)n3)nc(N3CCC(N)CC3)nc21. The maximum absolute atomic E-state index is 10.3. The minimum atomic E-state index is -1.03. The van der Waals surface area contributed by atoms with Crippen LogP contribution in [0, 0.1) is 0 Å². The lowest BCUT2D eigenvalue weighted by atomic mass is 10.1. The summed E-state index contributed by atoms with van der Waals surface area (Å²) in [6.45, 7) is 9.82. The minimum absolute atomic E-state index is 0.219. The van der Waals surface area contributed by atoms with Crippen LogP contribution < -0.4 is 16.0 Å². The fourth-order valence-corrected chi connectivity index (χ4v) is 4.38. The van der Waals surface area contributed by atoms with Crippen LogP contribution in [0.4, 0.5) is 11.8 Å². The van der Waals surface area contributed by atoms with Gasteiger partial charge >= 0.3 is 0 Å². The quantitative estimate of drug-likeness (QED) is 0.357. The molecule has 0 atom stereocenters. The van der Waals surface area contributed by atoms with Crippen molar-refractivity contribution in [3.05, 3.63) is 48.3 Å². The molecule has 5 rings (SSSR count). The number of imidazole rings is 1. The molecule has 0 aliphatic carbocycles. The van der Waals surface area contributed by atoms with E-state index in [4.69, 9.17) is 15.7 Å². The van der Waals surface area contributed by atoms with Crippen molar-refractivity contribution in [3.8, 4) is 5.69 Å². The number of hydrogen-bond donors (Lipinski definition) is 3. The molecule has 1 fully saturated rings. The number of pyridine rings is 1. The molecule has 4 aromatic rings. The number of fused-ring (bicyclic) bond motifs is 1. The molecule has 0 radical (unpaired) electrons. The van der Waals surface area contributed by atoms with Crippen molar-refractivity contribution in [3.63, 3.8) is 0 Å². The van der Waals surface area contributed by atoms with Crippen LogP contribution in [-0.4, -0.2) is 58.5 Å². The lowest BCUT2D eigenvalue weighted by molar-refractivity contribution is 0.0734. The van der Waals surface area contributed by atoms with Gasteiger partial charge in [-0.1, -0.05) is 0 Å². The fraction of sp³-hybridized carbons (Fsp3) is 0.480. The van der Waals surface area contributed by atoms with E-state index in [1.165, 1.54) is 0 Å². The summed E-state index contributed by atoms with van der Waals surface area (Å²) < 4.78 is 3.81. The van der Waals surface area contributed by atoms with E-state index >= 15 is 0 Å². The van der Waals surface area contributed by atoms with Crippen molar-refractivity contribution in [1.29, 1.82) is 0 Å². The third-order valence-electron chi connectivity index (χ3n) is 6.59. The highest BCUT2D eigenvalue weighted by Gasteiger charge is 2.23. The van der Waals surface area contributed by atoms with Gasteiger partial charge in [-0.3, -0.25) is 4.98 Å². The van der Waals surface area contributed by atoms with E-state index in [-0.39, 0.29) is 12.1 Å². The van der Waals surface area contributed by atoms with Crippen molar-refractivity contribution in [2.45, 2.75) is 64.8 Å². The Morgan fingerprint density at radius 2 is 1.97 bits per heavy atom. The van der Waals surface area contributed by atoms with Gasteiger partial charge in [0.2, 0.25) is 5.95 Å². The molecule has 11 heteroatoms. The van der Waals surface area contributed by atoms with Gasteiger partial charge < -0.3 is 25.6 Å². The van der Waals surface area contributed by atoms with Gasteiger partial charge in [0.25, 0.3) is 0 Å². The first kappa shape index (κ1) is 24.1. The Kier molecular flexibility index (Phi) is 6.35. The number of nitrogens with two attached hydrogens (primary N) is 1. The molecule has 1 aliphatic heterocycles. The normalized spacial score (nSPS) is 15.2. The van der Waals surface area contributed by atoms with Gasteiger partial charge in [0, 0.05) is 49.7 Å². The average Bonchev–Trinajstić information content (AvgIpc) is 3.51. The molecule has 4 N–H and O–H groups in total. The van der Waals surface area contributed by atoms with Gasteiger partial charge in [-0.05, 0) is 52.7 Å². The van der Waals surface area contributed by atoms with Crippen LogP contribution >= 0.6 is 0 Å². The number of anilines is 2. The molecular formula is C25H34N10O. The number of rotatable bonds is 7. The zero-order chi connectivity index (χ0) is 25.4. The van der Waals surface area contributed by atoms with Crippen molar-refractivity contribution in [2.75, 3.05) is 23.3 Å². The van der Waals surface area contributed by atoms with E-state index in [2.05, 4.69) is 43.7 Å². The number of aliphatic hydroxyl groups is 1. The summed E-state index contributed by atoms with van der Waals surface area (Å²) in [7, 11) is 0. The molecular weight excluding hydrogens is 456 g/mol. The summed E-state index contributed by atoms with van der Waals surface area (Å²) in [5.41, 5.74) is 9.04. The standard InChI is InChI=1S/C25H34N10O/c1-16(2)34-15-29-21-22(30-24(31-23(21)34)33-10-6-18(26)7-11-33)28-13-17-5-9-27-14-19(17)35-12-8-20(32-35)25(3,4)36/h5,8-9,12,14-16,18,36H,6-7,10-11,13,26H2,1-4H3,(H,28,30,31). The second-order valence-electron chi connectivity index (χ2n) is 10.2. The molecule has 36 heavy (non-hydrogen) atoms. The summed E-state index contributed by atoms with van der Waals surface area (Å²) >= 11 is 0. The molecule has 0 amide bonds. The Hall–Kier alpha value is -3.57. The third kappa shape index (κ3) is 4.76. The fourth-order valence-electron chi connectivity index (χ4n) is 4.38. The molecule has 0 unspecified atom stereocenters. The van der Waals surface area contributed by atoms with E-state index in [0.29, 0.717) is 24.0 Å². The van der Waals surface area contributed by atoms with Gasteiger partial charge in [-0.25, -0.2) is 9.67 Å². The number of hydrogen-bond acceptors (Lipinski definition) is 9. The Bertz CT molecular complexity index is 1340. The second kappa shape index (κ2) is 9.47. The van der Waals surface area contributed by atoms with Crippen LogP contribution in [-0.2, 0) is 12.1 Å². The number of nitrogens with zero attached hydrogens (tertiary/aromatic N) is 8. The molecule has 0 spiro atoms. The summed E-state index contributed by atoms with van der Waals surface area (Å²) in [4.78, 5) is 20.9. The van der Waals surface area contributed by atoms with Crippen LogP contribution in [0.2, 0.25) is 0 Å². The molecule has 5 heterocycles. The highest BCUT2D eigenvalue weighted by Crippen LogP contribution is 2.27. The Morgan fingerprint density at radius 3 is 2.67 bits per heavy atom. The van der Waals surface area contributed by atoms with Crippen LogP contribution in [0.25, 0.3) is 16.9 Å². The maximum Gasteiger partial charge on any atom is 0.229 e. The molecule has 0 bridgehead atoms. The van der Waals surface area contributed by atoms with Crippen LogP contribution in [0.3, 0.4) is 0 Å².